The molecular formula is C22H18BrN3O3. The predicted octanol–water partition coefficient (Wildman–Crippen LogP) is 4.39. The van der Waals surface area contributed by atoms with E-state index >= 15 is 0 Å². The van der Waals surface area contributed by atoms with Gasteiger partial charge in [0, 0.05) is 33.3 Å². The Kier molecular flexibility index (Phi) is 5.22. The molecule has 3 aromatic rings. The second-order valence-corrected chi connectivity index (χ2v) is 7.41. The molecular weight excluding hydrogens is 434 g/mol. The van der Waals surface area contributed by atoms with Crippen LogP contribution in [0.3, 0.4) is 0 Å². The van der Waals surface area contributed by atoms with E-state index in [1.54, 1.807) is 18.1 Å². The van der Waals surface area contributed by atoms with Crippen molar-refractivity contribution in [2.45, 2.75) is 0 Å². The van der Waals surface area contributed by atoms with Crippen molar-refractivity contribution < 1.29 is 14.3 Å². The maximum Gasteiger partial charge on any atom is 0.329 e. The van der Waals surface area contributed by atoms with E-state index in [-0.39, 0.29) is 12.5 Å². The molecule has 0 spiro atoms. The predicted molar refractivity (Wildman–Crippen MR) is 115 cm³/mol. The average molecular weight is 452 g/mol. The summed E-state index contributed by atoms with van der Waals surface area (Å²) < 4.78 is 8.10. The van der Waals surface area contributed by atoms with Crippen molar-refractivity contribution in [1.29, 1.82) is 0 Å². The molecule has 3 amide bonds. The Morgan fingerprint density at radius 3 is 2.38 bits per heavy atom. The number of halogens is 1. The highest BCUT2D eigenvalue weighted by Gasteiger charge is 2.28. The number of hydrogen-bond acceptors (Lipinski definition) is 3. The van der Waals surface area contributed by atoms with Gasteiger partial charge < -0.3 is 9.30 Å². The Morgan fingerprint density at radius 2 is 1.69 bits per heavy atom. The highest BCUT2D eigenvalue weighted by atomic mass is 79.9. The van der Waals surface area contributed by atoms with Gasteiger partial charge in [-0.05, 0) is 66.7 Å². The van der Waals surface area contributed by atoms with E-state index in [1.165, 1.54) is 0 Å². The number of rotatable bonds is 4. The Morgan fingerprint density at radius 1 is 1.00 bits per heavy atom. The van der Waals surface area contributed by atoms with E-state index in [2.05, 4.69) is 21.2 Å². The molecule has 6 nitrogen and oxygen atoms in total. The quantitative estimate of drug-likeness (QED) is 0.598. The van der Waals surface area contributed by atoms with Gasteiger partial charge in [0.1, 0.15) is 5.75 Å². The normalized spacial score (nSPS) is 15.5. The van der Waals surface area contributed by atoms with Gasteiger partial charge in [-0.3, -0.25) is 15.0 Å². The number of imide groups is 1. The molecule has 1 aliphatic rings. The van der Waals surface area contributed by atoms with Crippen LogP contribution in [0.2, 0.25) is 0 Å². The average Bonchev–Trinajstić information content (AvgIpc) is 3.19. The second kappa shape index (κ2) is 7.97. The van der Waals surface area contributed by atoms with Crippen LogP contribution < -0.4 is 15.0 Å². The number of anilines is 1. The minimum Gasteiger partial charge on any atom is -0.497 e. The molecule has 0 aliphatic carbocycles. The van der Waals surface area contributed by atoms with Gasteiger partial charge in [0.25, 0.3) is 5.91 Å². The lowest BCUT2D eigenvalue weighted by molar-refractivity contribution is -0.116. The first-order valence-electron chi connectivity index (χ1n) is 8.96. The summed E-state index contributed by atoms with van der Waals surface area (Å²) >= 11 is 3.39. The van der Waals surface area contributed by atoms with Crippen molar-refractivity contribution in [3.63, 3.8) is 0 Å². The fraction of sp³-hybridized carbons (Fsp3) is 0.0909. The molecule has 1 aliphatic heterocycles. The maximum absolute atomic E-state index is 12.4. The third kappa shape index (κ3) is 3.95. The molecule has 2 heterocycles. The molecule has 1 saturated heterocycles. The lowest BCUT2D eigenvalue weighted by atomic mass is 10.1. The van der Waals surface area contributed by atoms with Gasteiger partial charge >= 0.3 is 6.03 Å². The largest absolute Gasteiger partial charge is 0.497 e. The molecule has 0 radical (unpaired) electrons. The number of nitrogens with zero attached hydrogens (tertiary/aromatic N) is 2. The summed E-state index contributed by atoms with van der Waals surface area (Å²) in [6, 6.07) is 18.4. The van der Waals surface area contributed by atoms with E-state index in [9.17, 15) is 9.59 Å². The van der Waals surface area contributed by atoms with Crippen LogP contribution in [0.1, 0.15) is 5.69 Å². The summed E-state index contributed by atoms with van der Waals surface area (Å²) in [5, 5.41) is 2.42. The van der Waals surface area contributed by atoms with Crippen LogP contribution in [-0.4, -0.2) is 30.2 Å². The zero-order chi connectivity index (χ0) is 20.4. The summed E-state index contributed by atoms with van der Waals surface area (Å²) in [7, 11) is 1.63. The molecule has 0 bridgehead atoms. The SMILES string of the molecule is COc1ccc(-n2cccc2/C=C2\CN(c3ccc(Br)cc3)C(=O)NC2=O)cc1. The van der Waals surface area contributed by atoms with Gasteiger partial charge in [-0.1, -0.05) is 15.9 Å². The molecule has 0 saturated carbocycles. The molecule has 1 fully saturated rings. The number of nitrogens with one attached hydrogen (secondary N) is 1. The number of methoxy groups -OCH3 is 1. The van der Waals surface area contributed by atoms with Crippen molar-refractivity contribution >= 4 is 39.6 Å². The Hall–Kier alpha value is -3.32. The van der Waals surface area contributed by atoms with Crippen LogP contribution >= 0.6 is 15.9 Å². The van der Waals surface area contributed by atoms with Crippen LogP contribution in [0.25, 0.3) is 11.8 Å². The van der Waals surface area contributed by atoms with E-state index in [4.69, 9.17) is 4.74 Å². The van der Waals surface area contributed by atoms with Crippen LogP contribution in [0.15, 0.2) is 76.9 Å². The zero-order valence-electron chi connectivity index (χ0n) is 15.6. The Bertz CT molecular complexity index is 1090. The Labute approximate surface area is 176 Å². The van der Waals surface area contributed by atoms with E-state index in [0.717, 1.165) is 27.3 Å². The van der Waals surface area contributed by atoms with Crippen LogP contribution in [0.5, 0.6) is 5.75 Å². The minimum atomic E-state index is -0.431. The number of benzene rings is 2. The summed E-state index contributed by atoms with van der Waals surface area (Å²) in [4.78, 5) is 26.3. The third-order valence-electron chi connectivity index (χ3n) is 4.68. The number of carbonyl (C=O) groups is 2. The van der Waals surface area contributed by atoms with Gasteiger partial charge in [-0.15, -0.1) is 0 Å². The molecule has 7 heteroatoms. The van der Waals surface area contributed by atoms with Gasteiger partial charge in [0.2, 0.25) is 0 Å². The third-order valence-corrected chi connectivity index (χ3v) is 5.21. The standard InChI is InChI=1S/C22H18BrN3O3/c1-29-20-10-8-17(9-11-20)25-12-2-3-19(25)13-15-14-26(22(28)24-21(15)27)18-6-4-16(23)5-7-18/h2-13H,14H2,1H3,(H,24,27,28)/b15-13+. The number of aromatic nitrogens is 1. The van der Waals surface area contributed by atoms with Crippen molar-refractivity contribution in [1.82, 2.24) is 9.88 Å². The molecule has 1 N–H and O–H groups in total. The molecule has 146 valence electrons. The second-order valence-electron chi connectivity index (χ2n) is 6.49. The van der Waals surface area contributed by atoms with Crippen molar-refractivity contribution in [2.75, 3.05) is 18.6 Å². The fourth-order valence-corrected chi connectivity index (χ4v) is 3.43. The van der Waals surface area contributed by atoms with Crippen LogP contribution in [-0.2, 0) is 4.79 Å². The monoisotopic (exact) mass is 451 g/mol. The van der Waals surface area contributed by atoms with Crippen molar-refractivity contribution in [2.24, 2.45) is 0 Å². The molecule has 2 aromatic carbocycles. The van der Waals surface area contributed by atoms with Gasteiger partial charge in [-0.2, -0.15) is 0 Å². The highest BCUT2D eigenvalue weighted by molar-refractivity contribution is 9.10. The molecule has 1 aromatic heterocycles. The number of urea groups is 1. The van der Waals surface area contributed by atoms with Gasteiger partial charge in [-0.25, -0.2) is 4.79 Å². The number of carbonyl (C=O) groups excluding carboxylic acids is 2. The Balaban J connectivity index is 1.65. The maximum atomic E-state index is 12.4. The first kappa shape index (κ1) is 19.0. The van der Waals surface area contributed by atoms with Crippen molar-refractivity contribution in [3.8, 4) is 11.4 Å². The summed E-state index contributed by atoms with van der Waals surface area (Å²) in [5.41, 5.74) is 3.00. The minimum absolute atomic E-state index is 0.195. The lowest BCUT2D eigenvalue weighted by Crippen LogP contribution is -2.51. The first-order chi connectivity index (χ1) is 14.0. The topological polar surface area (TPSA) is 63.6 Å². The summed E-state index contributed by atoms with van der Waals surface area (Å²) in [5.74, 6) is 0.391. The number of amides is 3. The first-order valence-corrected chi connectivity index (χ1v) is 9.75. The summed E-state index contributed by atoms with van der Waals surface area (Å²) in [6.45, 7) is 0.195. The number of ether oxygens (including phenoxy) is 1. The van der Waals surface area contributed by atoms with E-state index in [1.807, 2.05) is 71.4 Å². The van der Waals surface area contributed by atoms with E-state index in [0.29, 0.717) is 5.57 Å². The zero-order valence-corrected chi connectivity index (χ0v) is 17.2. The highest BCUT2D eigenvalue weighted by Crippen LogP contribution is 2.24. The molecule has 29 heavy (non-hydrogen) atoms. The van der Waals surface area contributed by atoms with Crippen molar-refractivity contribution in [3.05, 3.63) is 82.6 Å². The molecule has 0 atom stereocenters. The van der Waals surface area contributed by atoms with Gasteiger partial charge in [0.15, 0.2) is 0 Å². The summed E-state index contributed by atoms with van der Waals surface area (Å²) in [6.07, 6.45) is 3.73. The lowest BCUT2D eigenvalue weighted by Gasteiger charge is -2.28. The van der Waals surface area contributed by atoms with Crippen LogP contribution in [0, 0.1) is 0 Å². The fourth-order valence-electron chi connectivity index (χ4n) is 3.17. The molecule has 4 rings (SSSR count). The molecule has 0 unspecified atom stereocenters. The smallest absolute Gasteiger partial charge is 0.329 e. The van der Waals surface area contributed by atoms with Gasteiger partial charge in [0.05, 0.1) is 13.7 Å². The van der Waals surface area contributed by atoms with Crippen LogP contribution in [0.4, 0.5) is 10.5 Å². The number of hydrogen-bond donors (Lipinski definition) is 1. The van der Waals surface area contributed by atoms with E-state index < -0.39 is 6.03 Å².